The molecule has 73 valence electrons. The van der Waals surface area contributed by atoms with Gasteiger partial charge in [-0.15, -0.1) is 0 Å². The van der Waals surface area contributed by atoms with Gasteiger partial charge in [-0.25, -0.2) is 5.26 Å². The van der Waals surface area contributed by atoms with Crippen LogP contribution in [0.1, 0.15) is 19.4 Å². The molecule has 0 fully saturated rings. The van der Waals surface area contributed by atoms with Gasteiger partial charge in [0.2, 0.25) is 0 Å². The summed E-state index contributed by atoms with van der Waals surface area (Å²) in [7, 11) is 0. The molecule has 0 bridgehead atoms. The minimum atomic E-state index is -0.860. The average Bonchev–Trinajstić information content (AvgIpc) is 2.22. The Morgan fingerprint density at radius 3 is 1.93 bits per heavy atom. The van der Waals surface area contributed by atoms with E-state index < -0.39 is 5.41 Å². The molecule has 1 aromatic carbocycles. The SMILES string of the molecule is CC.[CH2-]C([CH2-])(C#N)c1ccccc1.[Y]. The maximum absolute atomic E-state index is 8.67. The first kappa shape index (κ1) is 16.3. The Hall–Kier alpha value is -0.186. The average molecular weight is 262 g/mol. The molecule has 0 atom stereocenters. The number of nitrogens with zero attached hydrogens (tertiary/aromatic N) is 1. The van der Waals surface area contributed by atoms with E-state index in [-0.39, 0.29) is 32.7 Å². The molecule has 0 saturated carbocycles. The van der Waals surface area contributed by atoms with Gasteiger partial charge < -0.3 is 13.8 Å². The Morgan fingerprint density at radius 2 is 1.57 bits per heavy atom. The second-order valence-corrected chi connectivity index (χ2v) is 2.56. The molecule has 0 spiro atoms. The molecule has 0 amide bonds. The van der Waals surface area contributed by atoms with Crippen LogP contribution >= 0.6 is 0 Å². The van der Waals surface area contributed by atoms with Gasteiger partial charge in [0, 0.05) is 38.8 Å². The van der Waals surface area contributed by atoms with Gasteiger partial charge in [-0.3, -0.25) is 0 Å². The van der Waals surface area contributed by atoms with Crippen LogP contribution in [0.3, 0.4) is 0 Å². The van der Waals surface area contributed by atoms with E-state index >= 15 is 0 Å². The fraction of sp³-hybridized carbons (Fsp3) is 0.250. The third-order valence-electron chi connectivity index (χ3n) is 1.54. The van der Waals surface area contributed by atoms with E-state index in [0.29, 0.717) is 0 Å². The number of rotatable bonds is 1. The molecule has 0 unspecified atom stereocenters. The van der Waals surface area contributed by atoms with Crippen molar-refractivity contribution in [3.8, 4) is 6.07 Å². The number of hydrogen-bond acceptors (Lipinski definition) is 1. The van der Waals surface area contributed by atoms with E-state index in [1.807, 2.05) is 50.2 Å². The van der Waals surface area contributed by atoms with Crippen molar-refractivity contribution >= 4 is 0 Å². The summed E-state index contributed by atoms with van der Waals surface area (Å²) in [5, 5.41) is 8.67. The van der Waals surface area contributed by atoms with E-state index in [4.69, 9.17) is 5.26 Å². The van der Waals surface area contributed by atoms with Crippen LogP contribution in [0.2, 0.25) is 0 Å². The Kier molecular flexibility index (Phi) is 9.46. The third kappa shape index (κ3) is 4.89. The summed E-state index contributed by atoms with van der Waals surface area (Å²) < 4.78 is 0. The summed E-state index contributed by atoms with van der Waals surface area (Å²) in [6.45, 7) is 11.4. The van der Waals surface area contributed by atoms with Crippen molar-refractivity contribution in [1.82, 2.24) is 0 Å². The van der Waals surface area contributed by atoms with Crippen molar-refractivity contribution in [2.45, 2.75) is 19.3 Å². The van der Waals surface area contributed by atoms with E-state index in [9.17, 15) is 0 Å². The summed E-state index contributed by atoms with van der Waals surface area (Å²) >= 11 is 0. The molecule has 0 saturated heterocycles. The maximum Gasteiger partial charge on any atom is 0.00848 e. The van der Waals surface area contributed by atoms with Crippen LogP contribution in [0.5, 0.6) is 0 Å². The van der Waals surface area contributed by atoms with Crippen molar-refractivity contribution < 1.29 is 32.7 Å². The van der Waals surface area contributed by atoms with Crippen molar-refractivity contribution in [2.75, 3.05) is 0 Å². The topological polar surface area (TPSA) is 23.8 Å². The molecule has 1 nitrogen and oxygen atoms in total. The Morgan fingerprint density at radius 1 is 1.14 bits per heavy atom. The molecule has 1 aromatic rings. The summed E-state index contributed by atoms with van der Waals surface area (Å²) in [6.07, 6.45) is 0. The van der Waals surface area contributed by atoms with Crippen molar-refractivity contribution in [1.29, 1.82) is 5.26 Å². The van der Waals surface area contributed by atoms with E-state index in [0.717, 1.165) is 5.56 Å². The van der Waals surface area contributed by atoms with Crippen molar-refractivity contribution in [3.63, 3.8) is 0 Å². The molecule has 2 heteroatoms. The van der Waals surface area contributed by atoms with Gasteiger partial charge in [0.05, 0.1) is 0 Å². The van der Waals surface area contributed by atoms with Crippen LogP contribution in [0, 0.1) is 25.2 Å². The van der Waals surface area contributed by atoms with Crippen LogP contribution in [0.25, 0.3) is 0 Å². The summed E-state index contributed by atoms with van der Waals surface area (Å²) in [6, 6.07) is 11.4. The van der Waals surface area contributed by atoms with Crippen LogP contribution in [-0.2, 0) is 38.1 Å². The van der Waals surface area contributed by atoms with E-state index in [1.54, 1.807) is 0 Å². The molecule has 14 heavy (non-hydrogen) atoms. The largest absolute Gasteiger partial charge is 0.349 e. The molecule has 0 aromatic heterocycles. The molecular weight excluding hydrogens is 247 g/mol. The Bertz CT molecular complexity index is 272. The molecule has 0 N–H and O–H groups in total. The first-order valence-corrected chi connectivity index (χ1v) is 4.34. The smallest absolute Gasteiger partial charge is 0.00848 e. The molecule has 0 heterocycles. The zero-order valence-electron chi connectivity index (χ0n) is 8.83. The normalized spacial score (nSPS) is 8.79. The monoisotopic (exact) mass is 262 g/mol. The number of nitriles is 1. The minimum Gasteiger partial charge on any atom is -0.349 e. The number of hydrogen-bond donors (Lipinski definition) is 0. The molecule has 0 aliphatic heterocycles. The van der Waals surface area contributed by atoms with Crippen molar-refractivity contribution in [3.05, 3.63) is 49.7 Å². The van der Waals surface area contributed by atoms with Crippen LogP contribution in [-0.4, -0.2) is 0 Å². The van der Waals surface area contributed by atoms with Gasteiger partial charge in [-0.05, 0) is 0 Å². The second-order valence-electron chi connectivity index (χ2n) is 2.56. The van der Waals surface area contributed by atoms with Gasteiger partial charge in [-0.1, -0.05) is 49.7 Å². The third-order valence-corrected chi connectivity index (χ3v) is 1.54. The first-order valence-electron chi connectivity index (χ1n) is 4.34. The molecule has 0 aliphatic rings. The summed E-state index contributed by atoms with van der Waals surface area (Å²) in [4.78, 5) is 0. The van der Waals surface area contributed by atoms with Gasteiger partial charge in [-0.2, -0.15) is 5.41 Å². The van der Waals surface area contributed by atoms with Crippen LogP contribution in [0.4, 0.5) is 0 Å². The van der Waals surface area contributed by atoms with Gasteiger partial charge >= 0.3 is 0 Å². The van der Waals surface area contributed by atoms with Gasteiger partial charge in [0.1, 0.15) is 0 Å². The predicted molar refractivity (Wildman–Crippen MR) is 55.8 cm³/mol. The fourth-order valence-electron chi connectivity index (χ4n) is 0.822. The zero-order valence-corrected chi connectivity index (χ0v) is 11.7. The molecule has 1 rings (SSSR count). The Labute approximate surface area is 112 Å². The second kappa shape index (κ2) is 8.15. The maximum atomic E-state index is 8.67. The van der Waals surface area contributed by atoms with E-state index in [2.05, 4.69) is 13.8 Å². The molecule has 0 aliphatic carbocycles. The summed E-state index contributed by atoms with van der Waals surface area (Å²) in [5.74, 6) is 0. The van der Waals surface area contributed by atoms with Gasteiger partial charge in [0.25, 0.3) is 0 Å². The fourth-order valence-corrected chi connectivity index (χ4v) is 0.822. The first-order chi connectivity index (χ1) is 6.17. The number of benzene rings is 1. The van der Waals surface area contributed by atoms with Crippen LogP contribution in [0.15, 0.2) is 30.3 Å². The minimum absolute atomic E-state index is 0. The molecular formula is C12H15NY-2. The van der Waals surface area contributed by atoms with E-state index in [1.165, 1.54) is 0 Å². The van der Waals surface area contributed by atoms with Crippen molar-refractivity contribution in [2.24, 2.45) is 0 Å². The van der Waals surface area contributed by atoms with Crippen LogP contribution < -0.4 is 0 Å². The predicted octanol–water partition coefficient (Wildman–Crippen LogP) is 3.14. The summed E-state index contributed by atoms with van der Waals surface area (Å²) in [5.41, 5.74) is -0.0103. The standard InChI is InChI=1S/C10H9N.C2H6.Y/c1-10(2,8-11)9-6-4-3-5-7-9;1-2;/h3-7H,1-2H2;1-2H3;/q-2;;. The quantitative estimate of drug-likeness (QED) is 0.713. The zero-order chi connectivity index (χ0) is 10.3. The van der Waals surface area contributed by atoms with Gasteiger partial charge in [0.15, 0.2) is 0 Å². The Balaban J connectivity index is 0. The molecule has 1 radical (unpaired) electrons.